The molecule has 4 heteroatoms. The molecule has 120 valence electrons. The monoisotopic (exact) mass is 365 g/mol. The Hall–Kier alpha value is -0.740. The van der Waals surface area contributed by atoms with Gasteiger partial charge in [0.1, 0.15) is 11.5 Å². The van der Waals surface area contributed by atoms with Crippen molar-refractivity contribution in [1.82, 2.24) is 5.32 Å². The summed E-state index contributed by atoms with van der Waals surface area (Å²) in [5.74, 6) is 2.26. The van der Waals surface area contributed by atoms with E-state index in [4.69, 9.17) is 9.47 Å². The van der Waals surface area contributed by atoms with Crippen molar-refractivity contribution in [2.75, 3.05) is 19.8 Å². The molecule has 0 aromatic heterocycles. The summed E-state index contributed by atoms with van der Waals surface area (Å²) in [6.45, 7) is 2.85. The van der Waals surface area contributed by atoms with E-state index in [1.54, 1.807) is 0 Å². The van der Waals surface area contributed by atoms with Gasteiger partial charge in [0, 0.05) is 22.7 Å². The quantitative estimate of drug-likeness (QED) is 0.864. The molecule has 0 spiro atoms. The van der Waals surface area contributed by atoms with Crippen LogP contribution in [0.15, 0.2) is 4.47 Å². The van der Waals surface area contributed by atoms with Crippen LogP contribution in [0.25, 0.3) is 0 Å². The summed E-state index contributed by atoms with van der Waals surface area (Å²) < 4.78 is 13.3. The summed E-state index contributed by atoms with van der Waals surface area (Å²) in [7, 11) is 0. The minimum Gasteiger partial charge on any atom is -0.493 e. The van der Waals surface area contributed by atoms with E-state index >= 15 is 0 Å². The lowest BCUT2D eigenvalue weighted by atomic mass is 9.88. The molecule has 1 aromatic carbocycles. The van der Waals surface area contributed by atoms with Crippen LogP contribution in [0.5, 0.6) is 11.5 Å². The molecule has 0 radical (unpaired) electrons. The van der Waals surface area contributed by atoms with Crippen LogP contribution in [-0.4, -0.2) is 25.8 Å². The van der Waals surface area contributed by atoms with E-state index in [0.29, 0.717) is 6.04 Å². The fourth-order valence-corrected chi connectivity index (χ4v) is 4.78. The van der Waals surface area contributed by atoms with Crippen LogP contribution in [-0.2, 0) is 19.3 Å². The molecule has 22 heavy (non-hydrogen) atoms. The Morgan fingerprint density at radius 1 is 0.955 bits per heavy atom. The zero-order chi connectivity index (χ0) is 14.9. The van der Waals surface area contributed by atoms with Gasteiger partial charge in [-0.25, -0.2) is 0 Å². The first kappa shape index (κ1) is 14.8. The molecule has 3 nitrogen and oxygen atoms in total. The van der Waals surface area contributed by atoms with Gasteiger partial charge in [0.05, 0.1) is 17.7 Å². The fourth-order valence-electron chi connectivity index (χ4n) is 4.04. The highest BCUT2D eigenvalue weighted by molar-refractivity contribution is 9.10. The lowest BCUT2D eigenvalue weighted by molar-refractivity contribution is 0.265. The number of hydrogen-bond acceptors (Lipinski definition) is 3. The van der Waals surface area contributed by atoms with Crippen molar-refractivity contribution in [2.45, 2.75) is 57.4 Å². The van der Waals surface area contributed by atoms with Crippen molar-refractivity contribution in [3.63, 3.8) is 0 Å². The van der Waals surface area contributed by atoms with Gasteiger partial charge in [-0.15, -0.1) is 0 Å². The van der Waals surface area contributed by atoms with E-state index in [2.05, 4.69) is 21.2 Å². The van der Waals surface area contributed by atoms with Crippen molar-refractivity contribution in [1.29, 1.82) is 0 Å². The highest BCUT2D eigenvalue weighted by atomic mass is 79.9. The molecule has 1 unspecified atom stereocenters. The molecule has 4 rings (SSSR count). The van der Waals surface area contributed by atoms with Gasteiger partial charge in [0.2, 0.25) is 0 Å². The van der Waals surface area contributed by atoms with Gasteiger partial charge in [-0.2, -0.15) is 0 Å². The molecule has 1 fully saturated rings. The molecule has 0 bridgehead atoms. The molecule has 1 N–H and O–H groups in total. The van der Waals surface area contributed by atoms with Gasteiger partial charge in [0.25, 0.3) is 0 Å². The Morgan fingerprint density at radius 3 is 2.50 bits per heavy atom. The second kappa shape index (κ2) is 6.40. The van der Waals surface area contributed by atoms with Gasteiger partial charge in [0.15, 0.2) is 0 Å². The van der Waals surface area contributed by atoms with E-state index in [0.717, 1.165) is 67.8 Å². The van der Waals surface area contributed by atoms with E-state index in [9.17, 15) is 0 Å². The molecular weight excluding hydrogens is 342 g/mol. The summed E-state index contributed by atoms with van der Waals surface area (Å²) in [6.07, 6.45) is 9.45. The molecule has 3 aliphatic heterocycles. The SMILES string of the molecule is Brc1c2c(c(CC3CCCCN3)c3c1OCCC3)OCCC2. The smallest absolute Gasteiger partial charge is 0.137 e. The van der Waals surface area contributed by atoms with Crippen LogP contribution in [0, 0.1) is 0 Å². The second-order valence-corrected chi connectivity index (χ2v) is 7.46. The molecule has 1 aromatic rings. The first-order valence-electron chi connectivity index (χ1n) is 8.69. The first-order chi connectivity index (χ1) is 10.8. The number of piperidine rings is 1. The molecule has 0 saturated carbocycles. The molecule has 1 saturated heterocycles. The second-order valence-electron chi connectivity index (χ2n) is 6.66. The van der Waals surface area contributed by atoms with Gasteiger partial charge in [-0.3, -0.25) is 0 Å². The van der Waals surface area contributed by atoms with Gasteiger partial charge in [-0.1, -0.05) is 6.42 Å². The predicted octanol–water partition coefficient (Wildman–Crippen LogP) is 3.78. The minimum atomic E-state index is 0.593. The Balaban J connectivity index is 1.77. The lowest BCUT2D eigenvalue weighted by Gasteiger charge is -2.31. The van der Waals surface area contributed by atoms with Gasteiger partial charge >= 0.3 is 0 Å². The van der Waals surface area contributed by atoms with E-state index in [1.165, 1.54) is 36.0 Å². The topological polar surface area (TPSA) is 30.5 Å². The molecule has 0 aliphatic carbocycles. The Kier molecular flexibility index (Phi) is 4.32. The predicted molar refractivity (Wildman–Crippen MR) is 91.1 cm³/mol. The highest BCUT2D eigenvalue weighted by Crippen LogP contribution is 2.46. The Labute approximate surface area is 140 Å². The summed E-state index contributed by atoms with van der Waals surface area (Å²) in [4.78, 5) is 0. The number of fused-ring (bicyclic) bond motifs is 2. The van der Waals surface area contributed by atoms with Crippen molar-refractivity contribution < 1.29 is 9.47 Å². The molecule has 3 heterocycles. The minimum absolute atomic E-state index is 0.593. The molecule has 1 atom stereocenters. The van der Waals surface area contributed by atoms with Crippen LogP contribution >= 0.6 is 15.9 Å². The average Bonchev–Trinajstić information content (AvgIpc) is 2.59. The molecule has 0 amide bonds. The van der Waals surface area contributed by atoms with Crippen molar-refractivity contribution in [3.05, 3.63) is 21.2 Å². The Bertz CT molecular complexity index is 530. The third kappa shape index (κ3) is 2.65. The van der Waals surface area contributed by atoms with Crippen molar-refractivity contribution in [2.24, 2.45) is 0 Å². The fraction of sp³-hybridized carbons (Fsp3) is 0.667. The number of rotatable bonds is 2. The first-order valence-corrected chi connectivity index (χ1v) is 9.49. The number of nitrogens with one attached hydrogen (secondary N) is 1. The standard InChI is InChI=1S/C18H24BrNO2/c19-16-14-7-4-9-21-17(14)15(11-12-5-1-2-8-20-12)13-6-3-10-22-18(13)16/h12,20H,1-11H2. The maximum Gasteiger partial charge on any atom is 0.137 e. The highest BCUT2D eigenvalue weighted by Gasteiger charge is 2.29. The number of ether oxygens (including phenoxy) is 2. The molecule has 3 aliphatic rings. The van der Waals surface area contributed by atoms with Crippen molar-refractivity contribution in [3.8, 4) is 11.5 Å². The van der Waals surface area contributed by atoms with Gasteiger partial charge < -0.3 is 14.8 Å². The van der Waals surface area contributed by atoms with Crippen LogP contribution in [0.3, 0.4) is 0 Å². The Morgan fingerprint density at radius 2 is 1.73 bits per heavy atom. The van der Waals surface area contributed by atoms with Crippen LogP contribution in [0.1, 0.15) is 48.8 Å². The normalized spacial score (nSPS) is 24.0. The van der Waals surface area contributed by atoms with Crippen LogP contribution < -0.4 is 14.8 Å². The van der Waals surface area contributed by atoms with E-state index in [-0.39, 0.29) is 0 Å². The number of benzene rings is 1. The average molecular weight is 366 g/mol. The van der Waals surface area contributed by atoms with Crippen molar-refractivity contribution >= 4 is 15.9 Å². The zero-order valence-electron chi connectivity index (χ0n) is 13.0. The zero-order valence-corrected chi connectivity index (χ0v) is 14.6. The summed E-state index contributed by atoms with van der Waals surface area (Å²) in [6, 6.07) is 0.593. The summed E-state index contributed by atoms with van der Waals surface area (Å²) in [5, 5.41) is 3.69. The maximum atomic E-state index is 6.13. The van der Waals surface area contributed by atoms with E-state index in [1.807, 2.05) is 0 Å². The van der Waals surface area contributed by atoms with Gasteiger partial charge in [-0.05, 0) is 67.4 Å². The third-order valence-corrected chi connectivity index (χ3v) is 5.99. The number of hydrogen-bond donors (Lipinski definition) is 1. The van der Waals surface area contributed by atoms with Crippen LogP contribution in [0.2, 0.25) is 0 Å². The summed E-state index contributed by atoms with van der Waals surface area (Å²) in [5.41, 5.74) is 4.15. The van der Waals surface area contributed by atoms with Crippen LogP contribution in [0.4, 0.5) is 0 Å². The third-order valence-electron chi connectivity index (χ3n) is 5.15. The molecular formula is C18H24BrNO2. The maximum absolute atomic E-state index is 6.13. The number of halogens is 1. The largest absolute Gasteiger partial charge is 0.493 e. The van der Waals surface area contributed by atoms with E-state index < -0.39 is 0 Å². The summed E-state index contributed by atoms with van der Waals surface area (Å²) >= 11 is 3.79. The lowest BCUT2D eigenvalue weighted by Crippen LogP contribution is -2.36.